The first-order valence-electron chi connectivity index (χ1n) is 9.05. The van der Waals surface area contributed by atoms with Crippen molar-refractivity contribution in [2.45, 2.75) is 38.3 Å². The van der Waals surface area contributed by atoms with Gasteiger partial charge in [0.15, 0.2) is 0 Å². The summed E-state index contributed by atoms with van der Waals surface area (Å²) in [6, 6.07) is 13.9. The number of benzene rings is 1. The summed E-state index contributed by atoms with van der Waals surface area (Å²) in [7, 11) is 0. The van der Waals surface area contributed by atoms with Gasteiger partial charge in [-0.25, -0.2) is 9.50 Å². The average Bonchev–Trinajstić information content (AvgIpc) is 3.13. The highest BCUT2D eigenvalue weighted by molar-refractivity contribution is 7.98. The normalized spacial score (nSPS) is 11.1. The number of thioether (sulfide) groups is 1. The average molecular weight is 392 g/mol. The molecule has 0 radical (unpaired) electrons. The lowest BCUT2D eigenvalue weighted by Crippen LogP contribution is -2.02. The molecule has 4 aromatic rings. The van der Waals surface area contributed by atoms with Crippen LogP contribution in [0, 0.1) is 20.8 Å². The van der Waals surface area contributed by atoms with Crippen LogP contribution >= 0.6 is 11.8 Å². The van der Waals surface area contributed by atoms with Crippen molar-refractivity contribution in [3.63, 3.8) is 0 Å². The van der Waals surface area contributed by atoms with Crippen LogP contribution in [-0.2, 0) is 12.4 Å². The van der Waals surface area contributed by atoms with Gasteiger partial charge in [-0.05, 0) is 56.2 Å². The molecule has 0 unspecified atom stereocenters. The Hall–Kier alpha value is -2.93. The number of rotatable bonds is 6. The number of aryl methyl sites for hydroxylation is 2. The Morgan fingerprint density at radius 3 is 2.57 bits per heavy atom. The topological polar surface area (TPSA) is 65.2 Å². The minimum Gasteiger partial charge on any atom is -0.487 e. The van der Waals surface area contributed by atoms with Gasteiger partial charge in [0, 0.05) is 23.3 Å². The molecule has 0 saturated carbocycles. The summed E-state index contributed by atoms with van der Waals surface area (Å²) in [5, 5.41) is 5.32. The van der Waals surface area contributed by atoms with Gasteiger partial charge < -0.3 is 4.74 Å². The molecular formula is C21H21N5OS. The van der Waals surface area contributed by atoms with Gasteiger partial charge in [-0.15, -0.1) is 5.10 Å². The van der Waals surface area contributed by atoms with E-state index in [1.54, 1.807) is 18.0 Å². The lowest BCUT2D eigenvalue weighted by Gasteiger charge is -2.06. The molecule has 0 spiro atoms. The van der Waals surface area contributed by atoms with E-state index in [2.05, 4.69) is 39.1 Å². The molecule has 0 amide bonds. The fourth-order valence-electron chi connectivity index (χ4n) is 2.77. The van der Waals surface area contributed by atoms with Gasteiger partial charge in [0.1, 0.15) is 12.4 Å². The maximum absolute atomic E-state index is 5.78. The second-order valence-electron chi connectivity index (χ2n) is 6.56. The number of pyridine rings is 1. The first-order chi connectivity index (χ1) is 13.6. The molecular weight excluding hydrogens is 370 g/mol. The van der Waals surface area contributed by atoms with Crippen LogP contribution in [0.5, 0.6) is 5.75 Å². The smallest absolute Gasteiger partial charge is 0.253 e. The molecule has 0 aliphatic heterocycles. The van der Waals surface area contributed by atoms with E-state index < -0.39 is 0 Å². The third kappa shape index (κ3) is 3.99. The fourth-order valence-corrected chi connectivity index (χ4v) is 3.54. The van der Waals surface area contributed by atoms with Gasteiger partial charge in [-0.3, -0.25) is 4.98 Å². The number of aromatic nitrogens is 5. The quantitative estimate of drug-likeness (QED) is 0.456. The van der Waals surface area contributed by atoms with Crippen LogP contribution in [0.15, 0.2) is 53.8 Å². The van der Waals surface area contributed by atoms with Gasteiger partial charge in [-0.2, -0.15) is 4.98 Å². The molecule has 0 aliphatic carbocycles. The van der Waals surface area contributed by atoms with Crippen LogP contribution in [0.3, 0.4) is 0 Å². The van der Waals surface area contributed by atoms with E-state index in [1.807, 2.05) is 48.7 Å². The maximum Gasteiger partial charge on any atom is 0.253 e. The zero-order valence-electron chi connectivity index (χ0n) is 16.1. The van der Waals surface area contributed by atoms with Crippen molar-refractivity contribution in [2.24, 2.45) is 0 Å². The zero-order chi connectivity index (χ0) is 19.5. The fraction of sp³-hybridized carbons (Fsp3) is 0.238. The molecule has 0 bridgehead atoms. The van der Waals surface area contributed by atoms with E-state index in [-0.39, 0.29) is 0 Å². The molecule has 7 heteroatoms. The molecule has 6 nitrogen and oxygen atoms in total. The Balaban J connectivity index is 1.38. The van der Waals surface area contributed by atoms with Crippen LogP contribution in [0.2, 0.25) is 0 Å². The summed E-state index contributed by atoms with van der Waals surface area (Å²) >= 11 is 1.60. The highest BCUT2D eigenvalue weighted by Crippen LogP contribution is 2.23. The third-order valence-electron chi connectivity index (χ3n) is 4.65. The number of hydrogen-bond donors (Lipinski definition) is 0. The van der Waals surface area contributed by atoms with Crippen LogP contribution in [-0.4, -0.2) is 24.6 Å². The molecule has 1 aromatic carbocycles. The Bertz CT molecular complexity index is 1090. The Morgan fingerprint density at radius 2 is 1.82 bits per heavy atom. The molecule has 0 saturated heterocycles. The monoisotopic (exact) mass is 391 g/mol. The summed E-state index contributed by atoms with van der Waals surface area (Å²) in [5.41, 5.74) is 5.32. The van der Waals surface area contributed by atoms with Gasteiger partial charge in [0.25, 0.3) is 5.78 Å². The van der Waals surface area contributed by atoms with Crippen LogP contribution < -0.4 is 4.74 Å². The molecule has 3 heterocycles. The summed E-state index contributed by atoms with van der Waals surface area (Å²) in [6.45, 7) is 6.57. The van der Waals surface area contributed by atoms with Crippen molar-refractivity contribution in [1.82, 2.24) is 24.6 Å². The number of hydrogen-bond acceptors (Lipinski definition) is 6. The first-order valence-corrected chi connectivity index (χ1v) is 10.0. The molecule has 0 fully saturated rings. The Kier molecular flexibility index (Phi) is 5.25. The van der Waals surface area contributed by atoms with Crippen LogP contribution in [0.4, 0.5) is 0 Å². The second-order valence-corrected chi connectivity index (χ2v) is 7.50. The largest absolute Gasteiger partial charge is 0.487 e. The number of ether oxygens (including phenoxy) is 1. The van der Waals surface area contributed by atoms with Gasteiger partial charge in [-0.1, -0.05) is 30.0 Å². The molecule has 142 valence electrons. The summed E-state index contributed by atoms with van der Waals surface area (Å²) in [6.07, 6.45) is 1.77. The van der Waals surface area contributed by atoms with E-state index >= 15 is 0 Å². The maximum atomic E-state index is 5.78. The number of nitrogens with zero attached hydrogens (tertiary/aromatic N) is 5. The van der Waals surface area contributed by atoms with E-state index in [0.717, 1.165) is 39.3 Å². The van der Waals surface area contributed by atoms with Crippen molar-refractivity contribution in [3.05, 3.63) is 76.9 Å². The summed E-state index contributed by atoms with van der Waals surface area (Å²) < 4.78 is 7.60. The lowest BCUT2D eigenvalue weighted by molar-refractivity contribution is 0.301. The van der Waals surface area contributed by atoms with E-state index in [9.17, 15) is 0 Å². The standard InChI is InChI=1S/C21H21N5OS/c1-14-15(2)23-20-24-21(25-26(20)16(14)3)28-13-17-7-9-19(10-8-17)27-12-18-6-4-5-11-22-18/h4-11H,12-13H2,1-3H3. The molecule has 0 atom stereocenters. The predicted octanol–water partition coefficient (Wildman–Crippen LogP) is 4.32. The summed E-state index contributed by atoms with van der Waals surface area (Å²) in [4.78, 5) is 13.3. The molecule has 4 rings (SSSR count). The third-order valence-corrected chi connectivity index (χ3v) is 5.55. The summed E-state index contributed by atoms with van der Waals surface area (Å²) in [5.74, 6) is 2.27. The minimum absolute atomic E-state index is 0.464. The molecule has 3 aromatic heterocycles. The van der Waals surface area contributed by atoms with Crippen LogP contribution in [0.25, 0.3) is 5.78 Å². The number of fused-ring (bicyclic) bond motifs is 1. The van der Waals surface area contributed by atoms with Gasteiger partial charge in [0.2, 0.25) is 5.16 Å². The lowest BCUT2D eigenvalue weighted by atomic mass is 10.2. The second kappa shape index (κ2) is 7.98. The SMILES string of the molecule is Cc1nc2nc(SCc3ccc(OCc4ccccn4)cc3)nn2c(C)c1C. The zero-order valence-corrected chi connectivity index (χ0v) is 16.9. The van der Waals surface area contributed by atoms with Crippen molar-refractivity contribution >= 4 is 17.5 Å². The van der Waals surface area contributed by atoms with E-state index in [4.69, 9.17) is 4.74 Å². The Labute approximate surface area is 168 Å². The van der Waals surface area contributed by atoms with Gasteiger partial charge in [0.05, 0.1) is 5.69 Å². The van der Waals surface area contributed by atoms with Gasteiger partial charge >= 0.3 is 0 Å². The van der Waals surface area contributed by atoms with Crippen molar-refractivity contribution < 1.29 is 4.74 Å². The van der Waals surface area contributed by atoms with Crippen LogP contribution in [0.1, 0.15) is 28.2 Å². The highest BCUT2D eigenvalue weighted by Gasteiger charge is 2.11. The van der Waals surface area contributed by atoms with Crippen molar-refractivity contribution in [1.29, 1.82) is 0 Å². The molecule has 0 aliphatic rings. The predicted molar refractivity (Wildman–Crippen MR) is 110 cm³/mol. The molecule has 0 N–H and O–H groups in total. The van der Waals surface area contributed by atoms with E-state index in [1.165, 1.54) is 5.56 Å². The van der Waals surface area contributed by atoms with Crippen molar-refractivity contribution in [2.75, 3.05) is 0 Å². The molecule has 28 heavy (non-hydrogen) atoms. The minimum atomic E-state index is 0.464. The van der Waals surface area contributed by atoms with E-state index in [0.29, 0.717) is 12.4 Å². The first kappa shape index (κ1) is 18.4. The van der Waals surface area contributed by atoms with Crippen molar-refractivity contribution in [3.8, 4) is 5.75 Å². The highest BCUT2D eigenvalue weighted by atomic mass is 32.2. The Morgan fingerprint density at radius 1 is 1.00 bits per heavy atom.